The van der Waals surface area contributed by atoms with Gasteiger partial charge in [-0.3, -0.25) is 4.90 Å². The second kappa shape index (κ2) is 6.08. The topological polar surface area (TPSA) is 46.6 Å². The molecular formula is C15H23N3O2. The zero-order valence-corrected chi connectivity index (χ0v) is 12.2. The van der Waals surface area contributed by atoms with Crippen molar-refractivity contribution < 1.29 is 9.47 Å². The molecule has 0 radical (unpaired) electrons. The minimum atomic E-state index is 0.165. The lowest BCUT2D eigenvalue weighted by molar-refractivity contribution is -0.0689. The first-order chi connectivity index (χ1) is 9.72. The molecule has 20 heavy (non-hydrogen) atoms. The summed E-state index contributed by atoms with van der Waals surface area (Å²) >= 11 is 0. The molecule has 2 aliphatic rings. The van der Waals surface area contributed by atoms with E-state index in [1.54, 1.807) is 0 Å². The molecule has 0 aromatic carbocycles. The third-order valence-corrected chi connectivity index (χ3v) is 3.84. The van der Waals surface area contributed by atoms with Gasteiger partial charge in [-0.25, -0.2) is 4.98 Å². The number of aromatic nitrogens is 1. The molecule has 1 aromatic rings. The van der Waals surface area contributed by atoms with Crippen LogP contribution in [0.4, 0.5) is 0 Å². The van der Waals surface area contributed by atoms with Crippen LogP contribution in [0.25, 0.3) is 0 Å². The van der Waals surface area contributed by atoms with E-state index in [4.69, 9.17) is 9.47 Å². The first-order valence-electron chi connectivity index (χ1n) is 7.38. The van der Waals surface area contributed by atoms with Crippen molar-refractivity contribution in [3.8, 4) is 5.88 Å². The Hall–Kier alpha value is -1.17. The molecule has 2 aliphatic heterocycles. The highest BCUT2D eigenvalue weighted by Crippen LogP contribution is 2.20. The monoisotopic (exact) mass is 277 g/mol. The summed E-state index contributed by atoms with van der Waals surface area (Å²) in [6.45, 7) is 8.64. The number of rotatable bonds is 4. The van der Waals surface area contributed by atoms with Gasteiger partial charge in [-0.2, -0.15) is 0 Å². The van der Waals surface area contributed by atoms with E-state index >= 15 is 0 Å². The molecule has 5 nitrogen and oxygen atoms in total. The van der Waals surface area contributed by atoms with Crippen LogP contribution in [-0.4, -0.2) is 54.4 Å². The van der Waals surface area contributed by atoms with Gasteiger partial charge in [-0.05, 0) is 19.4 Å². The lowest BCUT2D eigenvalue weighted by atomic mass is 10.1. The number of morpholine rings is 1. The summed E-state index contributed by atoms with van der Waals surface area (Å²) in [5.74, 6) is 0.701. The maximum absolute atomic E-state index is 5.65. The first kappa shape index (κ1) is 13.8. The maximum Gasteiger partial charge on any atom is 0.213 e. The minimum Gasteiger partial charge on any atom is -0.475 e. The first-order valence-corrected chi connectivity index (χ1v) is 7.38. The molecule has 0 amide bonds. The van der Waals surface area contributed by atoms with Gasteiger partial charge >= 0.3 is 0 Å². The summed E-state index contributed by atoms with van der Waals surface area (Å²) in [4.78, 5) is 6.92. The van der Waals surface area contributed by atoms with Gasteiger partial charge in [0.25, 0.3) is 0 Å². The van der Waals surface area contributed by atoms with Gasteiger partial charge < -0.3 is 14.8 Å². The van der Waals surface area contributed by atoms with E-state index in [9.17, 15) is 0 Å². The van der Waals surface area contributed by atoms with Crippen molar-refractivity contribution in [3.63, 3.8) is 0 Å². The van der Waals surface area contributed by atoms with Crippen molar-refractivity contribution in [2.45, 2.75) is 38.6 Å². The Bertz CT molecular complexity index is 413. The maximum atomic E-state index is 5.65. The van der Waals surface area contributed by atoms with E-state index in [-0.39, 0.29) is 6.10 Å². The highest BCUT2D eigenvalue weighted by molar-refractivity contribution is 5.18. The number of nitrogens with one attached hydrogen (secondary N) is 1. The number of nitrogens with zero attached hydrogens (tertiary/aromatic N) is 2. The Labute approximate surface area is 120 Å². The van der Waals surface area contributed by atoms with Crippen LogP contribution < -0.4 is 10.1 Å². The largest absolute Gasteiger partial charge is 0.475 e. The molecule has 3 rings (SSSR count). The van der Waals surface area contributed by atoms with E-state index in [0.29, 0.717) is 18.0 Å². The molecule has 110 valence electrons. The Morgan fingerprint density at radius 3 is 2.70 bits per heavy atom. The van der Waals surface area contributed by atoms with Gasteiger partial charge in [0.05, 0.1) is 19.3 Å². The predicted molar refractivity (Wildman–Crippen MR) is 76.8 cm³/mol. The van der Waals surface area contributed by atoms with Crippen molar-refractivity contribution in [2.75, 3.05) is 26.3 Å². The SMILES string of the molecule is CC(C)Oc1ccc(CN2[C@H]3CNC[C@H]2COC3)cn1. The van der Waals surface area contributed by atoms with E-state index in [2.05, 4.69) is 21.3 Å². The molecule has 2 saturated heterocycles. The molecule has 1 N–H and O–H groups in total. The van der Waals surface area contributed by atoms with Crippen molar-refractivity contribution in [1.82, 2.24) is 15.2 Å². The fraction of sp³-hybridized carbons (Fsp3) is 0.667. The third kappa shape index (κ3) is 3.11. The molecular weight excluding hydrogens is 254 g/mol. The molecule has 0 saturated carbocycles. The average Bonchev–Trinajstić information content (AvgIpc) is 2.40. The van der Waals surface area contributed by atoms with Gasteiger partial charge in [0.1, 0.15) is 0 Å². The molecule has 2 atom stereocenters. The zero-order valence-electron chi connectivity index (χ0n) is 12.2. The molecule has 5 heteroatoms. The summed E-state index contributed by atoms with van der Waals surface area (Å²) in [6.07, 6.45) is 2.09. The summed E-state index contributed by atoms with van der Waals surface area (Å²) in [6, 6.07) is 5.04. The van der Waals surface area contributed by atoms with Crippen LogP contribution in [-0.2, 0) is 11.3 Å². The number of pyridine rings is 1. The van der Waals surface area contributed by atoms with Crippen LogP contribution in [0.5, 0.6) is 5.88 Å². The van der Waals surface area contributed by atoms with Crippen LogP contribution >= 0.6 is 0 Å². The van der Waals surface area contributed by atoms with Crippen LogP contribution in [0.2, 0.25) is 0 Å². The second-order valence-corrected chi connectivity index (χ2v) is 5.85. The standard InChI is InChI=1S/C15H23N3O2/c1-11(2)20-15-4-3-12(5-17-15)8-18-13-6-16-7-14(18)10-19-9-13/h3-5,11,13-14,16H,6-10H2,1-2H3/t13-,14-/m0/s1. The van der Waals surface area contributed by atoms with E-state index < -0.39 is 0 Å². The molecule has 0 unspecified atom stereocenters. The lowest BCUT2D eigenvalue weighted by Crippen LogP contribution is -2.63. The van der Waals surface area contributed by atoms with Gasteiger partial charge in [0.15, 0.2) is 0 Å². The smallest absolute Gasteiger partial charge is 0.213 e. The highest BCUT2D eigenvalue weighted by atomic mass is 16.5. The number of hydrogen-bond donors (Lipinski definition) is 1. The quantitative estimate of drug-likeness (QED) is 0.891. The van der Waals surface area contributed by atoms with Gasteiger partial charge in [0, 0.05) is 44.0 Å². The molecule has 2 bridgehead atoms. The third-order valence-electron chi connectivity index (χ3n) is 3.84. The van der Waals surface area contributed by atoms with E-state index in [1.165, 1.54) is 5.56 Å². The Balaban J connectivity index is 1.65. The predicted octanol–water partition coefficient (Wildman–Crippen LogP) is 1.04. The molecule has 0 spiro atoms. The summed E-state index contributed by atoms with van der Waals surface area (Å²) in [5.41, 5.74) is 1.24. The molecule has 0 aliphatic carbocycles. The molecule has 2 fully saturated rings. The number of fused-ring (bicyclic) bond motifs is 2. The fourth-order valence-corrected chi connectivity index (χ4v) is 2.88. The van der Waals surface area contributed by atoms with Crippen molar-refractivity contribution in [2.24, 2.45) is 0 Å². The lowest BCUT2D eigenvalue weighted by Gasteiger charge is -2.46. The Morgan fingerprint density at radius 2 is 2.10 bits per heavy atom. The second-order valence-electron chi connectivity index (χ2n) is 5.85. The van der Waals surface area contributed by atoms with E-state index in [0.717, 1.165) is 32.8 Å². The average molecular weight is 277 g/mol. The van der Waals surface area contributed by atoms with E-state index in [1.807, 2.05) is 26.1 Å². The number of piperazine rings is 1. The van der Waals surface area contributed by atoms with Crippen LogP contribution in [0.15, 0.2) is 18.3 Å². The van der Waals surface area contributed by atoms with Gasteiger partial charge in [-0.15, -0.1) is 0 Å². The Morgan fingerprint density at radius 1 is 1.35 bits per heavy atom. The number of hydrogen-bond acceptors (Lipinski definition) is 5. The van der Waals surface area contributed by atoms with Crippen molar-refractivity contribution >= 4 is 0 Å². The van der Waals surface area contributed by atoms with Crippen molar-refractivity contribution in [1.29, 1.82) is 0 Å². The minimum absolute atomic E-state index is 0.165. The Kier molecular flexibility index (Phi) is 4.19. The van der Waals surface area contributed by atoms with Crippen LogP contribution in [0.1, 0.15) is 19.4 Å². The van der Waals surface area contributed by atoms with Gasteiger partial charge in [-0.1, -0.05) is 6.07 Å². The fourth-order valence-electron chi connectivity index (χ4n) is 2.88. The summed E-state index contributed by atoms with van der Waals surface area (Å²) in [5, 5.41) is 3.48. The summed E-state index contributed by atoms with van der Waals surface area (Å²) < 4.78 is 11.2. The molecule has 3 heterocycles. The van der Waals surface area contributed by atoms with Crippen LogP contribution in [0.3, 0.4) is 0 Å². The van der Waals surface area contributed by atoms with Gasteiger partial charge in [0.2, 0.25) is 5.88 Å². The molecule has 1 aromatic heterocycles. The normalized spacial score (nSPS) is 26.8. The van der Waals surface area contributed by atoms with Crippen LogP contribution in [0, 0.1) is 0 Å². The zero-order chi connectivity index (χ0) is 13.9. The summed E-state index contributed by atoms with van der Waals surface area (Å²) in [7, 11) is 0. The highest BCUT2D eigenvalue weighted by Gasteiger charge is 2.34. The number of ether oxygens (including phenoxy) is 2. The van der Waals surface area contributed by atoms with Crippen molar-refractivity contribution in [3.05, 3.63) is 23.9 Å².